The Morgan fingerprint density at radius 3 is 2.50 bits per heavy atom. The van der Waals surface area contributed by atoms with E-state index in [4.69, 9.17) is 17.0 Å². The van der Waals surface area contributed by atoms with Crippen LogP contribution >= 0.6 is 12.2 Å². The number of hydrogen-bond donors (Lipinski definition) is 2. The summed E-state index contributed by atoms with van der Waals surface area (Å²) in [6, 6.07) is 13.9. The molecule has 2 aromatic rings. The maximum Gasteiger partial charge on any atom is 0.254 e. The predicted octanol–water partition coefficient (Wildman–Crippen LogP) is 3.10. The summed E-state index contributed by atoms with van der Waals surface area (Å²) in [5.41, 5.74) is 1.21. The number of amides is 1. The lowest BCUT2D eigenvalue weighted by Crippen LogP contribution is -2.49. The first-order valence-corrected chi connectivity index (χ1v) is 9.68. The molecule has 28 heavy (non-hydrogen) atoms. The minimum absolute atomic E-state index is 0.0211. The Kier molecular flexibility index (Phi) is 6.81. The number of methoxy groups -OCH3 is 1. The molecule has 0 saturated carbocycles. The monoisotopic (exact) mass is 401 g/mol. The van der Waals surface area contributed by atoms with E-state index < -0.39 is 5.82 Å². The van der Waals surface area contributed by atoms with Crippen molar-refractivity contribution < 1.29 is 13.9 Å². The van der Waals surface area contributed by atoms with Crippen molar-refractivity contribution in [3.05, 3.63) is 65.5 Å². The maximum absolute atomic E-state index is 13.7. The number of nitrogens with zero attached hydrogens (tertiary/aromatic N) is 1. The summed E-state index contributed by atoms with van der Waals surface area (Å²) in [5, 5.41) is 6.90. The molecule has 1 aliphatic rings. The second-order valence-corrected chi connectivity index (χ2v) is 7.11. The number of nitrogens with one attached hydrogen (secondary N) is 2. The molecule has 0 spiro atoms. The summed E-state index contributed by atoms with van der Waals surface area (Å²) in [4.78, 5) is 14.3. The van der Waals surface area contributed by atoms with Crippen molar-refractivity contribution in [1.29, 1.82) is 0 Å². The van der Waals surface area contributed by atoms with E-state index in [9.17, 15) is 9.18 Å². The van der Waals surface area contributed by atoms with E-state index in [1.807, 2.05) is 24.3 Å². The van der Waals surface area contributed by atoms with Crippen molar-refractivity contribution in [3.63, 3.8) is 0 Å². The topological polar surface area (TPSA) is 53.6 Å². The number of rotatable bonds is 5. The standard InChI is InChI=1S/C21H24FN3O2S/c1-27-17-8-6-15(7-9-17)14-23-21(28)25-12-10-16(11-13-25)24-20(26)18-4-2-3-5-19(18)22/h2-9,16H,10-14H2,1H3,(H,23,28)(H,24,26). The second-order valence-electron chi connectivity index (χ2n) is 6.72. The van der Waals surface area contributed by atoms with Crippen molar-refractivity contribution in [1.82, 2.24) is 15.5 Å². The third-order valence-corrected chi connectivity index (χ3v) is 5.24. The van der Waals surface area contributed by atoms with E-state index in [2.05, 4.69) is 15.5 Å². The molecule has 5 nitrogen and oxygen atoms in total. The number of thiocarbonyl (C=S) groups is 1. The van der Waals surface area contributed by atoms with E-state index in [0.717, 1.165) is 37.2 Å². The Bertz CT molecular complexity index is 821. The first-order chi connectivity index (χ1) is 13.6. The molecule has 0 unspecified atom stereocenters. The van der Waals surface area contributed by atoms with Gasteiger partial charge >= 0.3 is 0 Å². The number of carbonyl (C=O) groups is 1. The van der Waals surface area contributed by atoms with Gasteiger partial charge in [0.25, 0.3) is 5.91 Å². The quantitative estimate of drug-likeness (QED) is 0.754. The highest BCUT2D eigenvalue weighted by Gasteiger charge is 2.23. The van der Waals surface area contributed by atoms with Gasteiger partial charge in [-0.25, -0.2) is 4.39 Å². The number of hydrogen-bond acceptors (Lipinski definition) is 3. The van der Waals surface area contributed by atoms with E-state index in [1.165, 1.54) is 12.1 Å². The molecular weight excluding hydrogens is 377 g/mol. The fourth-order valence-electron chi connectivity index (χ4n) is 3.17. The van der Waals surface area contributed by atoms with Gasteiger partial charge in [-0.15, -0.1) is 0 Å². The molecule has 0 atom stereocenters. The molecule has 1 amide bonds. The van der Waals surface area contributed by atoms with Crippen LogP contribution in [-0.4, -0.2) is 42.2 Å². The molecule has 0 aromatic heterocycles. The summed E-state index contributed by atoms with van der Waals surface area (Å²) in [5.74, 6) is -0.0380. The molecule has 0 radical (unpaired) electrons. The molecule has 1 fully saturated rings. The van der Waals surface area contributed by atoms with Crippen LogP contribution in [0.2, 0.25) is 0 Å². The number of benzene rings is 2. The maximum atomic E-state index is 13.7. The Hall–Kier alpha value is -2.67. The fourth-order valence-corrected chi connectivity index (χ4v) is 3.42. The van der Waals surface area contributed by atoms with Gasteiger partial charge < -0.3 is 20.3 Å². The first kappa shape index (κ1) is 20.1. The Morgan fingerprint density at radius 2 is 1.86 bits per heavy atom. The van der Waals surface area contributed by atoms with Crippen molar-refractivity contribution in [2.24, 2.45) is 0 Å². The lowest BCUT2D eigenvalue weighted by Gasteiger charge is -2.34. The van der Waals surface area contributed by atoms with Crippen LogP contribution in [0.5, 0.6) is 5.75 Å². The van der Waals surface area contributed by atoms with Gasteiger partial charge in [0.2, 0.25) is 0 Å². The average molecular weight is 402 g/mol. The molecule has 3 rings (SSSR count). The number of ether oxygens (including phenoxy) is 1. The van der Waals surface area contributed by atoms with Crippen LogP contribution in [0.15, 0.2) is 48.5 Å². The highest BCUT2D eigenvalue weighted by molar-refractivity contribution is 7.80. The van der Waals surface area contributed by atoms with Gasteiger partial charge in [-0.1, -0.05) is 24.3 Å². The third-order valence-electron chi connectivity index (χ3n) is 4.84. The lowest BCUT2D eigenvalue weighted by molar-refractivity contribution is 0.0918. The highest BCUT2D eigenvalue weighted by atomic mass is 32.1. The van der Waals surface area contributed by atoms with Crippen LogP contribution < -0.4 is 15.4 Å². The van der Waals surface area contributed by atoms with Crippen LogP contribution in [0.4, 0.5) is 4.39 Å². The zero-order chi connectivity index (χ0) is 19.9. The van der Waals surface area contributed by atoms with Crippen LogP contribution in [0, 0.1) is 5.82 Å². The summed E-state index contributed by atoms with van der Waals surface area (Å²) in [6.45, 7) is 2.14. The SMILES string of the molecule is COc1ccc(CNC(=S)N2CCC(NC(=O)c3ccccc3F)CC2)cc1. The van der Waals surface area contributed by atoms with Crippen molar-refractivity contribution in [3.8, 4) is 5.75 Å². The van der Waals surface area contributed by atoms with Gasteiger partial charge in [0.05, 0.1) is 12.7 Å². The normalized spacial score (nSPS) is 14.4. The molecule has 1 saturated heterocycles. The molecule has 1 aliphatic heterocycles. The molecule has 7 heteroatoms. The minimum atomic E-state index is -0.499. The molecule has 1 heterocycles. The Labute approximate surface area is 169 Å². The highest BCUT2D eigenvalue weighted by Crippen LogP contribution is 2.14. The number of carbonyl (C=O) groups excluding carboxylic acids is 1. The van der Waals surface area contributed by atoms with Crippen LogP contribution in [0.3, 0.4) is 0 Å². The van der Waals surface area contributed by atoms with E-state index in [-0.39, 0.29) is 17.5 Å². The zero-order valence-corrected chi connectivity index (χ0v) is 16.6. The largest absolute Gasteiger partial charge is 0.497 e. The second kappa shape index (κ2) is 9.50. The Balaban J connectivity index is 1.43. The van der Waals surface area contributed by atoms with Crippen molar-refractivity contribution >= 4 is 23.2 Å². The summed E-state index contributed by atoms with van der Waals surface area (Å²) in [6.07, 6.45) is 1.54. The fraction of sp³-hybridized carbons (Fsp3) is 0.333. The Morgan fingerprint density at radius 1 is 1.18 bits per heavy atom. The van der Waals surface area contributed by atoms with Crippen molar-refractivity contribution in [2.45, 2.75) is 25.4 Å². The molecule has 2 N–H and O–H groups in total. The van der Waals surface area contributed by atoms with Crippen LogP contribution in [-0.2, 0) is 6.54 Å². The van der Waals surface area contributed by atoms with Crippen LogP contribution in [0.1, 0.15) is 28.8 Å². The van der Waals surface area contributed by atoms with Gasteiger partial charge in [0, 0.05) is 25.7 Å². The third kappa shape index (κ3) is 5.19. The van der Waals surface area contributed by atoms with Crippen LogP contribution in [0.25, 0.3) is 0 Å². The number of piperidine rings is 1. The molecule has 0 aliphatic carbocycles. The van der Waals surface area contributed by atoms with Gasteiger partial charge in [0.15, 0.2) is 5.11 Å². The molecule has 148 valence electrons. The summed E-state index contributed by atoms with van der Waals surface area (Å²) < 4.78 is 18.9. The van der Waals surface area contributed by atoms with Gasteiger partial charge in [0.1, 0.15) is 11.6 Å². The average Bonchev–Trinajstić information content (AvgIpc) is 2.73. The zero-order valence-electron chi connectivity index (χ0n) is 15.8. The summed E-state index contributed by atoms with van der Waals surface area (Å²) >= 11 is 5.50. The van der Waals surface area contributed by atoms with Gasteiger partial charge in [-0.2, -0.15) is 0 Å². The van der Waals surface area contributed by atoms with E-state index in [0.29, 0.717) is 11.7 Å². The van der Waals surface area contributed by atoms with Gasteiger partial charge in [-0.05, 0) is 54.9 Å². The smallest absolute Gasteiger partial charge is 0.254 e. The van der Waals surface area contributed by atoms with Gasteiger partial charge in [-0.3, -0.25) is 4.79 Å². The lowest BCUT2D eigenvalue weighted by atomic mass is 10.0. The molecule has 2 aromatic carbocycles. The predicted molar refractivity (Wildman–Crippen MR) is 111 cm³/mol. The molecular formula is C21H24FN3O2S. The first-order valence-electron chi connectivity index (χ1n) is 9.28. The molecule has 0 bridgehead atoms. The summed E-state index contributed by atoms with van der Waals surface area (Å²) in [7, 11) is 1.64. The minimum Gasteiger partial charge on any atom is -0.497 e. The number of halogens is 1. The van der Waals surface area contributed by atoms with E-state index in [1.54, 1.807) is 19.2 Å². The number of likely N-dealkylation sites (tertiary alicyclic amines) is 1. The van der Waals surface area contributed by atoms with Crippen molar-refractivity contribution in [2.75, 3.05) is 20.2 Å². The van der Waals surface area contributed by atoms with E-state index >= 15 is 0 Å².